The molecule has 2 N–H and O–H groups in total. The minimum atomic E-state index is -0.00377. The molecule has 1 aromatic heterocycles. The molecule has 0 spiro atoms. The third-order valence-corrected chi connectivity index (χ3v) is 6.01. The molecule has 0 aromatic carbocycles. The van der Waals surface area contributed by atoms with Crippen LogP contribution in [0, 0.1) is 0 Å². The molecule has 168 valence electrons. The fourth-order valence-electron chi connectivity index (χ4n) is 4.08. The van der Waals surface area contributed by atoms with Crippen molar-refractivity contribution in [1.82, 2.24) is 35.2 Å². The molecule has 0 aliphatic carbocycles. The first-order valence-electron chi connectivity index (χ1n) is 11.3. The van der Waals surface area contributed by atoms with Gasteiger partial charge in [0, 0.05) is 45.1 Å². The van der Waals surface area contributed by atoms with E-state index in [0.29, 0.717) is 17.9 Å². The summed E-state index contributed by atoms with van der Waals surface area (Å²) < 4.78 is 2.02. The highest BCUT2D eigenvalue weighted by Crippen LogP contribution is 2.17. The molecule has 3 heterocycles. The second-order valence-corrected chi connectivity index (χ2v) is 8.86. The topological polar surface area (TPSA) is 90.7 Å². The summed E-state index contributed by atoms with van der Waals surface area (Å²) in [6, 6.07) is 0.735. The molecule has 0 bridgehead atoms. The summed E-state index contributed by atoms with van der Waals surface area (Å²) in [5.41, 5.74) is 0. The van der Waals surface area contributed by atoms with Crippen LogP contribution < -0.4 is 10.6 Å². The number of carbonyl (C=O) groups excluding carboxylic acids is 1. The predicted molar refractivity (Wildman–Crippen MR) is 119 cm³/mol. The highest BCUT2D eigenvalue weighted by atomic mass is 16.2. The van der Waals surface area contributed by atoms with Crippen molar-refractivity contribution in [2.45, 2.75) is 71.0 Å². The molecule has 1 saturated heterocycles. The fourth-order valence-corrected chi connectivity index (χ4v) is 4.08. The van der Waals surface area contributed by atoms with Crippen LogP contribution in [0.2, 0.25) is 0 Å². The number of aryl methyl sites for hydroxylation is 1. The van der Waals surface area contributed by atoms with Gasteiger partial charge in [-0.1, -0.05) is 20.8 Å². The van der Waals surface area contributed by atoms with Gasteiger partial charge >= 0.3 is 0 Å². The van der Waals surface area contributed by atoms with Crippen LogP contribution in [0.4, 0.5) is 0 Å². The average molecular weight is 419 g/mol. The Morgan fingerprint density at radius 1 is 1.33 bits per heavy atom. The van der Waals surface area contributed by atoms with Gasteiger partial charge in [-0.25, -0.2) is 14.7 Å². The molecule has 2 unspecified atom stereocenters. The maximum atomic E-state index is 12.1. The highest BCUT2D eigenvalue weighted by molar-refractivity contribution is 5.85. The third-order valence-electron chi connectivity index (χ3n) is 6.01. The molecule has 1 aromatic rings. The number of carbonyl (C=O) groups is 1. The summed E-state index contributed by atoms with van der Waals surface area (Å²) in [6.07, 6.45) is 4.32. The van der Waals surface area contributed by atoms with Crippen LogP contribution in [0.1, 0.15) is 57.6 Å². The first-order valence-corrected chi connectivity index (χ1v) is 11.3. The zero-order valence-corrected chi connectivity index (χ0v) is 19.2. The zero-order valence-electron chi connectivity index (χ0n) is 19.2. The second kappa shape index (κ2) is 10.2. The van der Waals surface area contributed by atoms with Crippen molar-refractivity contribution in [3.05, 3.63) is 11.6 Å². The minimum absolute atomic E-state index is 0.00377. The normalized spacial score (nSPS) is 22.3. The number of hydrogen-bond donors (Lipinski definition) is 2. The number of nitrogens with zero attached hydrogens (tertiary/aromatic N) is 6. The fraction of sp³-hybridized carbons (Fsp3) is 0.810. The molecule has 9 heteroatoms. The smallest absolute Gasteiger partial charge is 0.243 e. The molecule has 30 heavy (non-hydrogen) atoms. The van der Waals surface area contributed by atoms with Crippen LogP contribution in [0.3, 0.4) is 0 Å². The van der Waals surface area contributed by atoms with Crippen LogP contribution in [-0.4, -0.2) is 88.8 Å². The maximum absolute atomic E-state index is 12.1. The molecule has 1 amide bonds. The van der Waals surface area contributed by atoms with Crippen LogP contribution in [0.5, 0.6) is 0 Å². The summed E-state index contributed by atoms with van der Waals surface area (Å²) in [5.74, 6) is 3.02. The number of amides is 1. The van der Waals surface area contributed by atoms with Gasteiger partial charge in [0.1, 0.15) is 12.4 Å². The van der Waals surface area contributed by atoms with Gasteiger partial charge in [0.15, 0.2) is 11.8 Å². The molecule has 0 saturated carbocycles. The van der Waals surface area contributed by atoms with Gasteiger partial charge in [-0.3, -0.25) is 9.69 Å². The Morgan fingerprint density at radius 3 is 2.83 bits per heavy atom. The maximum Gasteiger partial charge on any atom is 0.243 e. The quantitative estimate of drug-likeness (QED) is 0.503. The van der Waals surface area contributed by atoms with Crippen molar-refractivity contribution in [2.24, 2.45) is 4.99 Å². The van der Waals surface area contributed by atoms with Gasteiger partial charge in [0.05, 0.1) is 6.54 Å². The largest absolute Gasteiger partial charge is 0.355 e. The van der Waals surface area contributed by atoms with Crippen molar-refractivity contribution in [3.8, 4) is 0 Å². The van der Waals surface area contributed by atoms with Crippen molar-refractivity contribution in [3.63, 3.8) is 0 Å². The van der Waals surface area contributed by atoms with E-state index in [-0.39, 0.29) is 18.5 Å². The second-order valence-electron chi connectivity index (χ2n) is 8.86. The Bertz CT molecular complexity index is 741. The number of likely N-dealkylation sites (N-methyl/N-ethyl adjacent to an activating group) is 2. The standard InChI is InChI=1S/C21H38N8O/c1-6-28-11-7-8-17(28)12-22-21(23-13-19(30)27(4)5)24-16-9-10-18-25-20(15(2)3)26-29(18)14-16/h15-17H,6-14H2,1-5H3,(H2,22,23,24). The van der Waals surface area contributed by atoms with E-state index in [9.17, 15) is 4.79 Å². The molecule has 9 nitrogen and oxygen atoms in total. The molecular formula is C21H38N8O. The predicted octanol–water partition coefficient (Wildman–Crippen LogP) is 0.824. The Labute approximate surface area is 180 Å². The Hall–Kier alpha value is -2.16. The Kier molecular flexibility index (Phi) is 7.69. The monoisotopic (exact) mass is 418 g/mol. The van der Waals surface area contributed by atoms with Crippen molar-refractivity contribution >= 4 is 11.9 Å². The lowest BCUT2D eigenvalue weighted by molar-refractivity contribution is -0.127. The van der Waals surface area contributed by atoms with E-state index >= 15 is 0 Å². The number of aromatic nitrogens is 3. The van der Waals surface area contributed by atoms with Gasteiger partial charge < -0.3 is 15.5 Å². The van der Waals surface area contributed by atoms with E-state index in [1.54, 1.807) is 19.0 Å². The molecule has 3 rings (SSSR count). The van der Waals surface area contributed by atoms with Crippen LogP contribution in [0.15, 0.2) is 4.99 Å². The molecule has 1 fully saturated rings. The summed E-state index contributed by atoms with van der Waals surface area (Å²) in [6.45, 7) is 10.4. The lowest BCUT2D eigenvalue weighted by Crippen LogP contribution is -2.50. The summed E-state index contributed by atoms with van der Waals surface area (Å²) in [7, 11) is 3.52. The number of guanidine groups is 1. The van der Waals surface area contributed by atoms with Gasteiger partial charge in [-0.2, -0.15) is 5.10 Å². The number of fused-ring (bicyclic) bond motifs is 1. The third kappa shape index (κ3) is 5.71. The summed E-state index contributed by atoms with van der Waals surface area (Å²) >= 11 is 0. The Morgan fingerprint density at radius 2 is 2.13 bits per heavy atom. The number of nitrogens with one attached hydrogen (secondary N) is 2. The minimum Gasteiger partial charge on any atom is -0.355 e. The highest BCUT2D eigenvalue weighted by Gasteiger charge is 2.25. The van der Waals surface area contributed by atoms with Gasteiger partial charge in [-0.05, 0) is 32.4 Å². The van der Waals surface area contributed by atoms with E-state index in [0.717, 1.165) is 50.7 Å². The molecular weight excluding hydrogens is 380 g/mol. The van der Waals surface area contributed by atoms with Gasteiger partial charge in [0.2, 0.25) is 5.91 Å². The first-order chi connectivity index (χ1) is 14.4. The van der Waals surface area contributed by atoms with E-state index in [2.05, 4.69) is 51.4 Å². The summed E-state index contributed by atoms with van der Waals surface area (Å²) in [5, 5.41) is 11.7. The van der Waals surface area contributed by atoms with E-state index < -0.39 is 0 Å². The van der Waals surface area contributed by atoms with Crippen molar-refractivity contribution in [1.29, 1.82) is 0 Å². The average Bonchev–Trinajstić information content (AvgIpc) is 3.35. The zero-order chi connectivity index (χ0) is 21.7. The first kappa shape index (κ1) is 22.5. The molecule has 2 aliphatic rings. The number of hydrogen-bond acceptors (Lipinski definition) is 5. The number of aliphatic imine (C=N–C) groups is 1. The Balaban J connectivity index is 1.64. The molecule has 2 atom stereocenters. The lowest BCUT2D eigenvalue weighted by Gasteiger charge is -2.28. The molecule has 2 aliphatic heterocycles. The van der Waals surface area contributed by atoms with Gasteiger partial charge in [0.25, 0.3) is 0 Å². The van der Waals surface area contributed by atoms with Crippen molar-refractivity contribution < 1.29 is 4.79 Å². The number of likely N-dealkylation sites (tertiary alicyclic amines) is 1. The number of rotatable bonds is 7. The van der Waals surface area contributed by atoms with E-state index in [1.807, 2.05) is 4.68 Å². The van der Waals surface area contributed by atoms with E-state index in [1.165, 1.54) is 12.8 Å². The summed E-state index contributed by atoms with van der Waals surface area (Å²) in [4.78, 5) is 25.4. The van der Waals surface area contributed by atoms with Crippen LogP contribution >= 0.6 is 0 Å². The SMILES string of the molecule is CCN1CCCC1CNC(=NCC(=O)N(C)C)NC1CCc2nc(C(C)C)nn2C1. The van der Waals surface area contributed by atoms with Gasteiger partial charge in [-0.15, -0.1) is 0 Å². The molecule has 0 radical (unpaired) electrons. The van der Waals surface area contributed by atoms with Crippen LogP contribution in [-0.2, 0) is 17.8 Å². The van der Waals surface area contributed by atoms with Crippen molar-refractivity contribution in [2.75, 3.05) is 40.3 Å². The lowest BCUT2D eigenvalue weighted by atomic mass is 10.1. The van der Waals surface area contributed by atoms with Crippen LogP contribution in [0.25, 0.3) is 0 Å². The van der Waals surface area contributed by atoms with E-state index in [4.69, 9.17) is 0 Å².